The molecule has 0 spiro atoms. The van der Waals surface area contributed by atoms with Crippen LogP contribution >= 0.6 is 0 Å². The predicted octanol–water partition coefficient (Wildman–Crippen LogP) is 1.32. The van der Waals surface area contributed by atoms with Gasteiger partial charge in [-0.2, -0.15) is 0 Å². The Hall–Kier alpha value is -1.55. The Balaban J connectivity index is 2.03. The molecule has 1 aliphatic heterocycles. The Kier molecular flexibility index (Phi) is 3.10. The van der Waals surface area contributed by atoms with Gasteiger partial charge in [-0.3, -0.25) is 9.69 Å². The summed E-state index contributed by atoms with van der Waals surface area (Å²) in [5, 5.41) is 9.04. The molecule has 86 valence electrons. The van der Waals surface area contributed by atoms with Crippen LogP contribution in [0.15, 0.2) is 24.3 Å². The minimum absolute atomic E-state index is 0.322. The number of carboxylic acid groups (broad SMARTS) is 1. The van der Waals surface area contributed by atoms with Crippen LogP contribution in [0.25, 0.3) is 0 Å². The molecule has 3 N–H and O–H groups in total. The number of likely N-dealkylation sites (tertiary alicyclic amines) is 1. The molecule has 16 heavy (non-hydrogen) atoms. The van der Waals surface area contributed by atoms with Crippen LogP contribution in [-0.4, -0.2) is 28.6 Å². The summed E-state index contributed by atoms with van der Waals surface area (Å²) in [7, 11) is 0. The highest BCUT2D eigenvalue weighted by molar-refractivity contribution is 5.73. The first-order valence-electron chi connectivity index (χ1n) is 5.48. The van der Waals surface area contributed by atoms with E-state index in [9.17, 15) is 4.79 Å². The maximum atomic E-state index is 11.0. The first kappa shape index (κ1) is 11.0. The van der Waals surface area contributed by atoms with Crippen LogP contribution in [0.5, 0.6) is 0 Å². The van der Waals surface area contributed by atoms with E-state index in [-0.39, 0.29) is 6.04 Å². The molecule has 0 saturated carbocycles. The zero-order valence-electron chi connectivity index (χ0n) is 9.10. The number of carboxylic acids is 1. The third-order valence-corrected chi connectivity index (χ3v) is 3.01. The van der Waals surface area contributed by atoms with Crippen LogP contribution < -0.4 is 5.73 Å². The first-order chi connectivity index (χ1) is 7.66. The lowest BCUT2D eigenvalue weighted by Crippen LogP contribution is -2.35. The number of nitrogens with zero attached hydrogens (tertiary/aromatic N) is 1. The van der Waals surface area contributed by atoms with Crippen molar-refractivity contribution in [2.75, 3.05) is 12.3 Å². The zero-order valence-corrected chi connectivity index (χ0v) is 9.10. The molecule has 0 aromatic heterocycles. The number of benzene rings is 1. The molecule has 1 atom stereocenters. The van der Waals surface area contributed by atoms with Crippen molar-refractivity contribution in [3.8, 4) is 0 Å². The van der Waals surface area contributed by atoms with Gasteiger partial charge < -0.3 is 10.8 Å². The molecule has 1 saturated heterocycles. The lowest BCUT2D eigenvalue weighted by molar-refractivity contribution is -0.142. The minimum Gasteiger partial charge on any atom is -0.480 e. The average molecular weight is 220 g/mol. The molecule has 0 aliphatic carbocycles. The van der Waals surface area contributed by atoms with E-state index in [0.29, 0.717) is 6.54 Å². The van der Waals surface area contributed by atoms with Crippen LogP contribution in [0.2, 0.25) is 0 Å². The summed E-state index contributed by atoms with van der Waals surface area (Å²) in [5.41, 5.74) is 7.45. The van der Waals surface area contributed by atoms with Gasteiger partial charge in [0.05, 0.1) is 0 Å². The van der Waals surface area contributed by atoms with Crippen molar-refractivity contribution in [3.05, 3.63) is 29.8 Å². The molecule has 1 aromatic carbocycles. The van der Waals surface area contributed by atoms with Crippen molar-refractivity contribution in [2.24, 2.45) is 0 Å². The van der Waals surface area contributed by atoms with E-state index < -0.39 is 5.97 Å². The van der Waals surface area contributed by atoms with Gasteiger partial charge in [0.2, 0.25) is 0 Å². The van der Waals surface area contributed by atoms with Crippen LogP contribution in [0, 0.1) is 0 Å². The third-order valence-electron chi connectivity index (χ3n) is 3.01. The van der Waals surface area contributed by atoms with E-state index >= 15 is 0 Å². The van der Waals surface area contributed by atoms with Gasteiger partial charge in [0.25, 0.3) is 0 Å². The van der Waals surface area contributed by atoms with Gasteiger partial charge in [-0.1, -0.05) is 12.1 Å². The number of rotatable bonds is 3. The monoisotopic (exact) mass is 220 g/mol. The molecule has 1 heterocycles. The van der Waals surface area contributed by atoms with Gasteiger partial charge >= 0.3 is 5.97 Å². The number of hydrogen-bond acceptors (Lipinski definition) is 3. The van der Waals surface area contributed by atoms with Crippen molar-refractivity contribution in [1.82, 2.24) is 4.90 Å². The minimum atomic E-state index is -0.715. The Labute approximate surface area is 94.7 Å². The Morgan fingerprint density at radius 2 is 2.12 bits per heavy atom. The molecule has 1 aromatic rings. The second-order valence-corrected chi connectivity index (χ2v) is 4.21. The van der Waals surface area contributed by atoms with Gasteiger partial charge in [0, 0.05) is 12.2 Å². The fourth-order valence-electron chi connectivity index (χ4n) is 2.15. The van der Waals surface area contributed by atoms with Crippen molar-refractivity contribution >= 4 is 11.7 Å². The molecule has 1 aliphatic rings. The van der Waals surface area contributed by atoms with E-state index in [1.165, 1.54) is 0 Å². The summed E-state index contributed by atoms with van der Waals surface area (Å²) >= 11 is 0. The van der Waals surface area contributed by atoms with Crippen molar-refractivity contribution < 1.29 is 9.90 Å². The highest BCUT2D eigenvalue weighted by Crippen LogP contribution is 2.20. The molecular formula is C12H16N2O2. The van der Waals surface area contributed by atoms with E-state index in [4.69, 9.17) is 10.8 Å². The summed E-state index contributed by atoms with van der Waals surface area (Å²) in [6.07, 6.45) is 1.72. The summed E-state index contributed by atoms with van der Waals surface area (Å²) in [6.45, 7) is 1.55. The summed E-state index contributed by atoms with van der Waals surface area (Å²) in [6, 6.07) is 7.28. The van der Waals surface area contributed by atoms with Gasteiger partial charge in [-0.05, 0) is 37.1 Å². The summed E-state index contributed by atoms with van der Waals surface area (Å²) in [5.74, 6) is -0.715. The number of anilines is 1. The molecule has 0 amide bonds. The maximum absolute atomic E-state index is 11.0. The lowest BCUT2D eigenvalue weighted by Gasteiger charge is -2.20. The van der Waals surface area contributed by atoms with Crippen LogP contribution in [0.3, 0.4) is 0 Å². The summed E-state index contributed by atoms with van der Waals surface area (Å²) < 4.78 is 0. The van der Waals surface area contributed by atoms with Crippen molar-refractivity contribution in [3.63, 3.8) is 0 Å². The standard InChI is InChI=1S/C12H16N2O2/c13-10-5-3-9(4-6-10)8-14-7-1-2-11(14)12(15)16/h3-6,11H,1-2,7-8,13H2,(H,15,16). The second kappa shape index (κ2) is 4.53. The second-order valence-electron chi connectivity index (χ2n) is 4.21. The van der Waals surface area contributed by atoms with E-state index in [0.717, 1.165) is 30.6 Å². The van der Waals surface area contributed by atoms with E-state index in [2.05, 4.69) is 0 Å². The predicted molar refractivity (Wildman–Crippen MR) is 61.9 cm³/mol. The first-order valence-corrected chi connectivity index (χ1v) is 5.48. The molecule has 2 rings (SSSR count). The van der Waals surface area contributed by atoms with Crippen molar-refractivity contribution in [1.29, 1.82) is 0 Å². The average Bonchev–Trinajstić information content (AvgIpc) is 2.69. The summed E-state index contributed by atoms with van der Waals surface area (Å²) in [4.78, 5) is 13.0. The molecule has 1 fully saturated rings. The molecule has 4 heteroatoms. The smallest absolute Gasteiger partial charge is 0.320 e. The highest BCUT2D eigenvalue weighted by Gasteiger charge is 2.29. The number of nitrogen functional groups attached to an aromatic ring is 1. The van der Waals surface area contributed by atoms with Gasteiger partial charge in [-0.25, -0.2) is 0 Å². The SMILES string of the molecule is Nc1ccc(CN2CCCC2C(=O)O)cc1. The molecule has 0 bridgehead atoms. The lowest BCUT2D eigenvalue weighted by atomic mass is 10.1. The number of carbonyl (C=O) groups is 1. The largest absolute Gasteiger partial charge is 0.480 e. The highest BCUT2D eigenvalue weighted by atomic mass is 16.4. The molecule has 4 nitrogen and oxygen atoms in total. The topological polar surface area (TPSA) is 66.6 Å². The zero-order chi connectivity index (χ0) is 11.5. The maximum Gasteiger partial charge on any atom is 0.320 e. The molecular weight excluding hydrogens is 204 g/mol. The number of nitrogens with two attached hydrogens (primary N) is 1. The fraction of sp³-hybridized carbons (Fsp3) is 0.417. The molecule has 0 radical (unpaired) electrons. The van der Waals surface area contributed by atoms with Gasteiger partial charge in [-0.15, -0.1) is 0 Å². The fourth-order valence-corrected chi connectivity index (χ4v) is 2.15. The Bertz CT molecular complexity index is 375. The quantitative estimate of drug-likeness (QED) is 0.754. The van der Waals surface area contributed by atoms with Crippen LogP contribution in [-0.2, 0) is 11.3 Å². The van der Waals surface area contributed by atoms with Gasteiger partial charge in [0.15, 0.2) is 0 Å². The molecule has 1 unspecified atom stereocenters. The van der Waals surface area contributed by atoms with Crippen LogP contribution in [0.1, 0.15) is 18.4 Å². The third kappa shape index (κ3) is 2.33. The normalized spacial score (nSPS) is 21.1. The Morgan fingerprint density at radius 3 is 2.75 bits per heavy atom. The van der Waals surface area contributed by atoms with Gasteiger partial charge in [0.1, 0.15) is 6.04 Å². The van der Waals surface area contributed by atoms with E-state index in [1.54, 1.807) is 0 Å². The van der Waals surface area contributed by atoms with Crippen LogP contribution in [0.4, 0.5) is 5.69 Å². The van der Waals surface area contributed by atoms with Crippen molar-refractivity contribution in [2.45, 2.75) is 25.4 Å². The number of aliphatic carboxylic acids is 1. The Morgan fingerprint density at radius 1 is 1.44 bits per heavy atom. The number of hydrogen-bond donors (Lipinski definition) is 2. The van der Waals surface area contributed by atoms with E-state index in [1.807, 2.05) is 29.2 Å².